The molecule has 2 heterocycles. The molecule has 1 fully saturated rings. The van der Waals surface area contributed by atoms with Gasteiger partial charge in [0.2, 0.25) is 5.91 Å². The Bertz CT molecular complexity index is 452. The van der Waals surface area contributed by atoms with Gasteiger partial charge in [-0.3, -0.25) is 9.69 Å². The number of fused-ring (bicyclic) bond motifs is 1. The van der Waals surface area contributed by atoms with Crippen LogP contribution in [-0.4, -0.2) is 36.5 Å². The van der Waals surface area contributed by atoms with E-state index in [4.69, 9.17) is 0 Å². The number of hydrogen-bond acceptors (Lipinski definition) is 2. The summed E-state index contributed by atoms with van der Waals surface area (Å²) >= 11 is 0. The Morgan fingerprint density at radius 3 is 2.78 bits per heavy atom. The van der Waals surface area contributed by atoms with Crippen LogP contribution in [0.25, 0.3) is 0 Å². The molecule has 3 nitrogen and oxygen atoms in total. The third-order valence-electron chi connectivity index (χ3n) is 4.03. The molecule has 3 rings (SSSR count). The van der Waals surface area contributed by atoms with Crippen LogP contribution in [0.15, 0.2) is 24.3 Å². The van der Waals surface area contributed by atoms with E-state index in [0.29, 0.717) is 12.6 Å². The fourth-order valence-electron chi connectivity index (χ4n) is 3.15. The van der Waals surface area contributed by atoms with Crippen molar-refractivity contribution in [3.8, 4) is 0 Å². The number of anilines is 1. The van der Waals surface area contributed by atoms with Crippen molar-refractivity contribution in [2.75, 3.05) is 24.5 Å². The van der Waals surface area contributed by atoms with Crippen molar-refractivity contribution in [2.24, 2.45) is 0 Å². The molecular weight excluding hydrogens is 224 g/mol. The van der Waals surface area contributed by atoms with Gasteiger partial charge in [-0.05, 0) is 50.9 Å². The minimum Gasteiger partial charge on any atom is -0.308 e. The van der Waals surface area contributed by atoms with Crippen LogP contribution in [0.2, 0.25) is 0 Å². The highest BCUT2D eigenvalue weighted by molar-refractivity contribution is 5.97. The maximum absolute atomic E-state index is 12.5. The van der Waals surface area contributed by atoms with E-state index >= 15 is 0 Å². The lowest BCUT2D eigenvalue weighted by molar-refractivity contribution is -0.119. The fraction of sp³-hybridized carbons (Fsp3) is 0.533. The van der Waals surface area contributed by atoms with Gasteiger partial charge in [-0.15, -0.1) is 0 Å². The first-order chi connectivity index (χ1) is 8.75. The lowest BCUT2D eigenvalue weighted by Gasteiger charge is -2.25. The number of amides is 1. The fourth-order valence-corrected chi connectivity index (χ4v) is 3.15. The van der Waals surface area contributed by atoms with E-state index < -0.39 is 0 Å². The Hall–Kier alpha value is -1.35. The highest BCUT2D eigenvalue weighted by Crippen LogP contribution is 2.31. The molecule has 96 valence electrons. The summed E-state index contributed by atoms with van der Waals surface area (Å²) in [5, 5.41) is 0. The molecule has 1 aromatic rings. The van der Waals surface area contributed by atoms with Gasteiger partial charge >= 0.3 is 0 Å². The van der Waals surface area contributed by atoms with Gasteiger partial charge in [0.05, 0.1) is 6.54 Å². The standard InChI is InChI=1S/C15H20N2O/c1-12-10-13-6-2-3-7-14(13)17(12)15(18)11-16-8-4-5-9-16/h2-3,6-7,12H,4-5,8-11H2,1H3. The van der Waals surface area contributed by atoms with Crippen molar-refractivity contribution in [1.29, 1.82) is 0 Å². The van der Waals surface area contributed by atoms with Gasteiger partial charge in [0.15, 0.2) is 0 Å². The number of likely N-dealkylation sites (tertiary alicyclic amines) is 1. The highest BCUT2D eigenvalue weighted by atomic mass is 16.2. The number of carbonyl (C=O) groups excluding carboxylic acids is 1. The van der Waals surface area contributed by atoms with Gasteiger partial charge in [-0.25, -0.2) is 0 Å². The van der Waals surface area contributed by atoms with Crippen LogP contribution in [-0.2, 0) is 11.2 Å². The lowest BCUT2D eigenvalue weighted by atomic mass is 10.1. The minimum absolute atomic E-state index is 0.259. The van der Waals surface area contributed by atoms with Crippen LogP contribution in [0, 0.1) is 0 Å². The summed E-state index contributed by atoms with van der Waals surface area (Å²) < 4.78 is 0. The molecule has 18 heavy (non-hydrogen) atoms. The van der Waals surface area contributed by atoms with Crippen LogP contribution < -0.4 is 4.90 Å². The summed E-state index contributed by atoms with van der Waals surface area (Å²) in [6.45, 7) is 4.88. The summed E-state index contributed by atoms with van der Waals surface area (Å²) in [6.07, 6.45) is 3.46. The number of benzene rings is 1. The number of para-hydroxylation sites is 1. The van der Waals surface area contributed by atoms with E-state index in [1.165, 1.54) is 18.4 Å². The summed E-state index contributed by atoms with van der Waals surface area (Å²) in [6, 6.07) is 8.58. The molecule has 0 radical (unpaired) electrons. The number of nitrogens with zero attached hydrogens (tertiary/aromatic N) is 2. The average Bonchev–Trinajstić information content (AvgIpc) is 2.94. The van der Waals surface area contributed by atoms with E-state index in [2.05, 4.69) is 30.0 Å². The Morgan fingerprint density at radius 2 is 2.00 bits per heavy atom. The SMILES string of the molecule is CC1Cc2ccccc2N1C(=O)CN1CCCC1. The number of rotatable bonds is 2. The molecule has 0 aliphatic carbocycles. The second kappa shape index (κ2) is 4.73. The van der Waals surface area contributed by atoms with Crippen molar-refractivity contribution in [3.05, 3.63) is 29.8 Å². The second-order valence-electron chi connectivity index (χ2n) is 5.43. The van der Waals surface area contributed by atoms with Crippen molar-refractivity contribution >= 4 is 11.6 Å². The molecule has 0 N–H and O–H groups in total. The zero-order chi connectivity index (χ0) is 12.5. The molecular formula is C15H20N2O. The molecule has 2 aliphatic rings. The predicted octanol–water partition coefficient (Wildman–Crippen LogP) is 2.06. The maximum Gasteiger partial charge on any atom is 0.241 e. The molecule has 0 aromatic heterocycles. The van der Waals surface area contributed by atoms with Crippen LogP contribution in [0.4, 0.5) is 5.69 Å². The van der Waals surface area contributed by atoms with E-state index in [1.807, 2.05) is 11.0 Å². The van der Waals surface area contributed by atoms with E-state index in [1.54, 1.807) is 0 Å². The maximum atomic E-state index is 12.5. The van der Waals surface area contributed by atoms with Crippen LogP contribution in [0.1, 0.15) is 25.3 Å². The van der Waals surface area contributed by atoms with Gasteiger partial charge in [-0.2, -0.15) is 0 Å². The summed E-state index contributed by atoms with van der Waals surface area (Å²) in [5.41, 5.74) is 2.42. The third-order valence-corrected chi connectivity index (χ3v) is 4.03. The third kappa shape index (κ3) is 2.03. The highest BCUT2D eigenvalue weighted by Gasteiger charge is 2.31. The molecule has 0 saturated carbocycles. The van der Waals surface area contributed by atoms with Gasteiger partial charge in [-0.1, -0.05) is 18.2 Å². The molecule has 0 spiro atoms. The molecule has 0 bridgehead atoms. The normalized spacial score (nSPS) is 23.4. The van der Waals surface area contributed by atoms with E-state index in [0.717, 1.165) is 25.2 Å². The molecule has 1 amide bonds. The first kappa shape index (κ1) is 11.7. The van der Waals surface area contributed by atoms with Crippen molar-refractivity contribution in [2.45, 2.75) is 32.2 Å². The smallest absolute Gasteiger partial charge is 0.241 e. The molecule has 1 saturated heterocycles. The molecule has 3 heteroatoms. The Kier molecular flexibility index (Phi) is 3.08. The molecule has 1 unspecified atom stereocenters. The van der Waals surface area contributed by atoms with Gasteiger partial charge < -0.3 is 4.90 Å². The largest absolute Gasteiger partial charge is 0.308 e. The predicted molar refractivity (Wildman–Crippen MR) is 72.8 cm³/mol. The number of hydrogen-bond donors (Lipinski definition) is 0. The van der Waals surface area contributed by atoms with Gasteiger partial charge in [0.25, 0.3) is 0 Å². The van der Waals surface area contributed by atoms with Crippen LogP contribution >= 0.6 is 0 Å². The summed E-state index contributed by atoms with van der Waals surface area (Å²) in [5.74, 6) is 0.259. The second-order valence-corrected chi connectivity index (χ2v) is 5.43. The molecule has 1 aromatic carbocycles. The van der Waals surface area contributed by atoms with Crippen LogP contribution in [0.3, 0.4) is 0 Å². The van der Waals surface area contributed by atoms with Crippen molar-refractivity contribution in [1.82, 2.24) is 4.90 Å². The zero-order valence-electron chi connectivity index (χ0n) is 10.9. The van der Waals surface area contributed by atoms with Crippen molar-refractivity contribution in [3.63, 3.8) is 0 Å². The first-order valence-electron chi connectivity index (χ1n) is 6.88. The quantitative estimate of drug-likeness (QED) is 0.795. The van der Waals surface area contributed by atoms with Crippen LogP contribution in [0.5, 0.6) is 0 Å². The Morgan fingerprint density at radius 1 is 1.28 bits per heavy atom. The Labute approximate surface area is 108 Å². The molecule has 1 atom stereocenters. The average molecular weight is 244 g/mol. The summed E-state index contributed by atoms with van der Waals surface area (Å²) in [7, 11) is 0. The molecule has 2 aliphatic heterocycles. The number of carbonyl (C=O) groups is 1. The van der Waals surface area contributed by atoms with Gasteiger partial charge in [0, 0.05) is 11.7 Å². The zero-order valence-corrected chi connectivity index (χ0v) is 10.9. The van der Waals surface area contributed by atoms with Gasteiger partial charge in [0.1, 0.15) is 0 Å². The monoisotopic (exact) mass is 244 g/mol. The lowest BCUT2D eigenvalue weighted by Crippen LogP contribution is -2.42. The minimum atomic E-state index is 0.259. The summed E-state index contributed by atoms with van der Waals surface area (Å²) in [4.78, 5) is 16.7. The van der Waals surface area contributed by atoms with E-state index in [-0.39, 0.29) is 5.91 Å². The van der Waals surface area contributed by atoms with Crippen molar-refractivity contribution < 1.29 is 4.79 Å². The Balaban J connectivity index is 1.77. The first-order valence-corrected chi connectivity index (χ1v) is 6.88. The topological polar surface area (TPSA) is 23.6 Å². The van der Waals surface area contributed by atoms with E-state index in [9.17, 15) is 4.79 Å².